The minimum absolute atomic E-state index is 0.00264. The second kappa shape index (κ2) is 7.11. The fourth-order valence-corrected chi connectivity index (χ4v) is 2.62. The third-order valence-corrected chi connectivity index (χ3v) is 3.69. The van der Waals surface area contributed by atoms with E-state index in [1.165, 1.54) is 12.1 Å². The largest absolute Gasteiger partial charge is 0.508 e. The molecule has 114 valence electrons. The molecule has 1 heterocycles. The normalized spacial score (nSPS) is 19.2. The van der Waals surface area contributed by atoms with Crippen LogP contribution in [-0.2, 0) is 4.79 Å². The Balaban J connectivity index is 2.06. The van der Waals surface area contributed by atoms with Gasteiger partial charge in [-0.25, -0.2) is 0 Å². The Bertz CT molecular complexity index is 516. The summed E-state index contributed by atoms with van der Waals surface area (Å²) in [7, 11) is 0. The first-order valence-electron chi connectivity index (χ1n) is 7.50. The van der Waals surface area contributed by atoms with Crippen molar-refractivity contribution in [2.75, 3.05) is 13.1 Å². The van der Waals surface area contributed by atoms with Crippen LogP contribution >= 0.6 is 0 Å². The highest BCUT2D eigenvalue weighted by atomic mass is 16.3. The van der Waals surface area contributed by atoms with Gasteiger partial charge in [0.25, 0.3) is 5.91 Å². The van der Waals surface area contributed by atoms with E-state index >= 15 is 0 Å². The van der Waals surface area contributed by atoms with Crippen LogP contribution in [0.25, 0.3) is 0 Å². The molecule has 0 saturated carbocycles. The maximum absolute atomic E-state index is 12.4. The summed E-state index contributed by atoms with van der Waals surface area (Å²) < 4.78 is 0. The van der Waals surface area contributed by atoms with E-state index in [-0.39, 0.29) is 17.6 Å². The summed E-state index contributed by atoms with van der Waals surface area (Å²) in [6, 6.07) is 5.69. The summed E-state index contributed by atoms with van der Waals surface area (Å²) >= 11 is 0. The van der Waals surface area contributed by atoms with Crippen molar-refractivity contribution >= 4 is 11.8 Å². The average molecular weight is 290 g/mol. The number of nitrogens with zero attached hydrogens (tertiary/aromatic N) is 1. The van der Waals surface area contributed by atoms with E-state index in [1.54, 1.807) is 12.1 Å². The van der Waals surface area contributed by atoms with E-state index in [2.05, 4.69) is 5.32 Å². The Morgan fingerprint density at radius 1 is 1.43 bits per heavy atom. The Labute approximate surface area is 125 Å². The van der Waals surface area contributed by atoms with Gasteiger partial charge >= 0.3 is 0 Å². The van der Waals surface area contributed by atoms with E-state index < -0.39 is 6.04 Å². The summed E-state index contributed by atoms with van der Waals surface area (Å²) in [5.74, 6) is -0.270. The quantitative estimate of drug-likeness (QED) is 0.890. The number of hydrogen-bond donors (Lipinski definition) is 2. The van der Waals surface area contributed by atoms with Crippen molar-refractivity contribution in [1.29, 1.82) is 0 Å². The van der Waals surface area contributed by atoms with Gasteiger partial charge < -0.3 is 15.3 Å². The molecule has 1 unspecified atom stereocenters. The number of rotatable bonds is 4. The fourth-order valence-electron chi connectivity index (χ4n) is 2.62. The molecule has 1 fully saturated rings. The third kappa shape index (κ3) is 3.97. The SMILES string of the molecule is CCCN1CCCCC(NC(=O)c2cccc(O)c2)C1=O. The number of amides is 2. The molecule has 0 radical (unpaired) electrons. The van der Waals surface area contributed by atoms with Crippen molar-refractivity contribution in [1.82, 2.24) is 10.2 Å². The van der Waals surface area contributed by atoms with Gasteiger partial charge in [0.05, 0.1) is 0 Å². The zero-order chi connectivity index (χ0) is 15.2. The van der Waals surface area contributed by atoms with Crippen LogP contribution in [0, 0.1) is 0 Å². The van der Waals surface area contributed by atoms with Crippen molar-refractivity contribution in [2.45, 2.75) is 38.6 Å². The van der Waals surface area contributed by atoms with Crippen molar-refractivity contribution in [2.24, 2.45) is 0 Å². The standard InChI is InChI=1S/C16H22N2O3/c1-2-9-18-10-4-3-8-14(16(18)21)17-15(20)12-6-5-7-13(19)11-12/h5-7,11,14,19H,2-4,8-10H2,1H3,(H,17,20). The molecule has 0 aliphatic carbocycles. The Morgan fingerprint density at radius 2 is 2.24 bits per heavy atom. The molecule has 1 atom stereocenters. The van der Waals surface area contributed by atoms with Crippen LogP contribution in [0.1, 0.15) is 43.0 Å². The number of likely N-dealkylation sites (tertiary alicyclic amines) is 1. The predicted molar refractivity (Wildman–Crippen MR) is 80.1 cm³/mol. The molecule has 5 nitrogen and oxygen atoms in total. The number of nitrogens with one attached hydrogen (secondary N) is 1. The second-order valence-electron chi connectivity index (χ2n) is 5.40. The van der Waals surface area contributed by atoms with E-state index in [0.29, 0.717) is 12.0 Å². The van der Waals surface area contributed by atoms with Crippen LogP contribution in [0.2, 0.25) is 0 Å². The minimum atomic E-state index is -0.464. The molecule has 5 heteroatoms. The summed E-state index contributed by atoms with van der Waals surface area (Å²) in [6.07, 6.45) is 3.49. The van der Waals surface area contributed by atoms with Gasteiger partial charge in [-0.2, -0.15) is 0 Å². The van der Waals surface area contributed by atoms with Gasteiger partial charge in [-0.05, 0) is 43.9 Å². The zero-order valence-electron chi connectivity index (χ0n) is 12.3. The fraction of sp³-hybridized carbons (Fsp3) is 0.500. The van der Waals surface area contributed by atoms with Gasteiger partial charge in [0.1, 0.15) is 11.8 Å². The zero-order valence-corrected chi connectivity index (χ0v) is 12.3. The smallest absolute Gasteiger partial charge is 0.252 e. The first-order valence-corrected chi connectivity index (χ1v) is 7.50. The number of phenolic OH excluding ortho intramolecular Hbond substituents is 1. The first-order chi connectivity index (χ1) is 10.1. The first kappa shape index (κ1) is 15.4. The summed E-state index contributed by atoms with van der Waals surface area (Å²) in [4.78, 5) is 26.5. The van der Waals surface area contributed by atoms with Gasteiger partial charge in [-0.3, -0.25) is 9.59 Å². The molecule has 1 aromatic carbocycles. The third-order valence-electron chi connectivity index (χ3n) is 3.69. The van der Waals surface area contributed by atoms with Crippen LogP contribution in [0.3, 0.4) is 0 Å². The van der Waals surface area contributed by atoms with Crippen molar-refractivity contribution in [3.05, 3.63) is 29.8 Å². The van der Waals surface area contributed by atoms with E-state index in [0.717, 1.165) is 32.4 Å². The lowest BCUT2D eigenvalue weighted by Gasteiger charge is -2.24. The van der Waals surface area contributed by atoms with Gasteiger partial charge in [-0.1, -0.05) is 13.0 Å². The summed E-state index contributed by atoms with van der Waals surface area (Å²) in [6.45, 7) is 3.54. The van der Waals surface area contributed by atoms with Gasteiger partial charge in [0, 0.05) is 18.7 Å². The molecule has 2 N–H and O–H groups in total. The maximum Gasteiger partial charge on any atom is 0.252 e. The van der Waals surface area contributed by atoms with Crippen LogP contribution in [0.15, 0.2) is 24.3 Å². The number of carbonyl (C=O) groups is 2. The minimum Gasteiger partial charge on any atom is -0.508 e. The lowest BCUT2D eigenvalue weighted by atomic mass is 10.1. The molecule has 1 saturated heterocycles. The molecule has 21 heavy (non-hydrogen) atoms. The molecule has 2 rings (SSSR count). The van der Waals surface area contributed by atoms with Crippen LogP contribution in [0.5, 0.6) is 5.75 Å². The number of carbonyl (C=O) groups excluding carboxylic acids is 2. The Morgan fingerprint density at radius 3 is 2.95 bits per heavy atom. The number of phenols is 1. The maximum atomic E-state index is 12.4. The topological polar surface area (TPSA) is 69.6 Å². The molecule has 0 aromatic heterocycles. The monoisotopic (exact) mass is 290 g/mol. The van der Waals surface area contributed by atoms with E-state index in [1.807, 2.05) is 11.8 Å². The molecule has 2 amide bonds. The number of hydrogen-bond acceptors (Lipinski definition) is 3. The average Bonchev–Trinajstić information content (AvgIpc) is 2.63. The van der Waals surface area contributed by atoms with E-state index in [9.17, 15) is 14.7 Å². The molecule has 1 aromatic rings. The Hall–Kier alpha value is -2.04. The lowest BCUT2D eigenvalue weighted by molar-refractivity contribution is -0.132. The van der Waals surface area contributed by atoms with Gasteiger partial charge in [0.2, 0.25) is 5.91 Å². The molecule has 0 spiro atoms. The predicted octanol–water partition coefficient (Wildman–Crippen LogP) is 1.91. The second-order valence-corrected chi connectivity index (χ2v) is 5.40. The highest BCUT2D eigenvalue weighted by molar-refractivity contribution is 5.97. The van der Waals surface area contributed by atoms with Crippen molar-refractivity contribution in [3.63, 3.8) is 0 Å². The lowest BCUT2D eigenvalue weighted by Crippen LogP contribution is -2.47. The highest BCUT2D eigenvalue weighted by Gasteiger charge is 2.27. The van der Waals surface area contributed by atoms with E-state index in [4.69, 9.17) is 0 Å². The molecular formula is C16H22N2O3. The van der Waals surface area contributed by atoms with Crippen molar-refractivity contribution in [3.8, 4) is 5.75 Å². The van der Waals surface area contributed by atoms with Crippen LogP contribution in [-0.4, -0.2) is 41.0 Å². The molecule has 0 bridgehead atoms. The Kier molecular flexibility index (Phi) is 5.20. The highest BCUT2D eigenvalue weighted by Crippen LogP contribution is 2.15. The molecular weight excluding hydrogens is 268 g/mol. The number of benzene rings is 1. The van der Waals surface area contributed by atoms with Crippen LogP contribution in [0.4, 0.5) is 0 Å². The van der Waals surface area contributed by atoms with Crippen LogP contribution < -0.4 is 5.32 Å². The number of aromatic hydroxyl groups is 1. The summed E-state index contributed by atoms with van der Waals surface area (Å²) in [5, 5.41) is 12.2. The molecule has 1 aliphatic heterocycles. The summed E-state index contributed by atoms with van der Waals surface area (Å²) in [5.41, 5.74) is 0.370. The van der Waals surface area contributed by atoms with Gasteiger partial charge in [0.15, 0.2) is 0 Å². The van der Waals surface area contributed by atoms with Gasteiger partial charge in [-0.15, -0.1) is 0 Å². The van der Waals surface area contributed by atoms with Crippen molar-refractivity contribution < 1.29 is 14.7 Å². The molecule has 1 aliphatic rings.